The number of ether oxygens (including phenoxy) is 1. The first-order valence-electron chi connectivity index (χ1n) is 12.7. The van der Waals surface area contributed by atoms with Gasteiger partial charge in [0, 0.05) is 11.6 Å². The second-order valence-corrected chi connectivity index (χ2v) is 10.1. The molecule has 40 heavy (non-hydrogen) atoms. The van der Waals surface area contributed by atoms with Crippen molar-refractivity contribution in [2.45, 2.75) is 32.2 Å². The first kappa shape index (κ1) is 31.0. The van der Waals surface area contributed by atoms with Crippen LogP contribution in [0.5, 0.6) is 11.6 Å². The molecule has 4 aromatic rings. The molecule has 0 radical (unpaired) electrons. The summed E-state index contributed by atoms with van der Waals surface area (Å²) in [6.45, 7) is 1.99. The molecule has 0 bridgehead atoms. The molecule has 0 spiro atoms. The van der Waals surface area contributed by atoms with E-state index in [1.807, 2.05) is 86.0 Å². The monoisotopic (exact) mass is 547 g/mol. The number of hydrogen-bond acceptors (Lipinski definition) is 7. The van der Waals surface area contributed by atoms with Crippen molar-refractivity contribution in [1.29, 1.82) is 0 Å². The van der Waals surface area contributed by atoms with Crippen LogP contribution in [0, 0.1) is 6.92 Å². The molecule has 1 heterocycles. The summed E-state index contributed by atoms with van der Waals surface area (Å²) < 4.78 is 5.72. The standard InChI is InChI=1S/C31H31N3O4S.Li/c1-21-8-6-7-11-25(21)27-20-22(13-16-26(27)30(35)32-28(31(36)37)18-19-39-2)12-14-23-15-17-29(34-33-23)38-24-9-4-3-5-10-24;/h3-11,13,15-17,20,28H,12,14,18-19H2,1-2H3,(H,32,35)(H,36,37);/q;+1/p-1/t28-;/m0./s1. The van der Waals surface area contributed by atoms with E-state index in [1.54, 1.807) is 12.1 Å². The minimum Gasteiger partial charge on any atom is -0.548 e. The van der Waals surface area contributed by atoms with Gasteiger partial charge in [-0.25, -0.2) is 0 Å². The number of carboxylic acids is 1. The molecule has 7 nitrogen and oxygen atoms in total. The Balaban J connectivity index is 0.00000441. The van der Waals surface area contributed by atoms with Crippen LogP contribution in [-0.4, -0.2) is 40.1 Å². The minimum absolute atomic E-state index is 0. The number of carbonyl (C=O) groups is 2. The molecule has 0 aliphatic carbocycles. The van der Waals surface area contributed by atoms with Crippen molar-refractivity contribution in [2.24, 2.45) is 0 Å². The number of aryl methyl sites for hydroxylation is 3. The number of para-hydroxylation sites is 1. The second kappa shape index (κ2) is 15.3. The molecule has 0 aliphatic rings. The number of aliphatic carboxylic acids is 1. The third-order valence-corrected chi connectivity index (χ3v) is 6.94. The van der Waals surface area contributed by atoms with Crippen LogP contribution in [0.25, 0.3) is 11.1 Å². The molecule has 0 aliphatic heterocycles. The molecule has 1 atom stereocenters. The summed E-state index contributed by atoms with van der Waals surface area (Å²) in [5.74, 6) is 0.00463. The van der Waals surface area contributed by atoms with Gasteiger partial charge in [0.25, 0.3) is 5.91 Å². The number of thioether (sulfide) groups is 1. The number of carbonyl (C=O) groups excluding carboxylic acids is 2. The molecule has 3 aromatic carbocycles. The number of aromatic nitrogens is 2. The summed E-state index contributed by atoms with van der Waals surface area (Å²) in [5.41, 5.74) is 4.95. The molecule has 0 fully saturated rings. The van der Waals surface area contributed by atoms with Gasteiger partial charge >= 0.3 is 18.9 Å². The van der Waals surface area contributed by atoms with E-state index >= 15 is 0 Å². The van der Waals surface area contributed by atoms with Crippen molar-refractivity contribution in [3.63, 3.8) is 0 Å². The van der Waals surface area contributed by atoms with E-state index < -0.39 is 17.9 Å². The van der Waals surface area contributed by atoms with Crippen LogP contribution < -0.4 is 34.0 Å². The van der Waals surface area contributed by atoms with Crippen molar-refractivity contribution >= 4 is 23.6 Å². The largest absolute Gasteiger partial charge is 1.00 e. The van der Waals surface area contributed by atoms with Gasteiger partial charge in [-0.05, 0) is 84.7 Å². The maximum atomic E-state index is 13.2. The van der Waals surface area contributed by atoms with Crippen LogP contribution in [0.1, 0.15) is 33.6 Å². The van der Waals surface area contributed by atoms with Crippen molar-refractivity contribution in [2.75, 3.05) is 12.0 Å². The third-order valence-electron chi connectivity index (χ3n) is 6.30. The van der Waals surface area contributed by atoms with Gasteiger partial charge in [0.2, 0.25) is 5.88 Å². The summed E-state index contributed by atoms with van der Waals surface area (Å²) >= 11 is 1.52. The normalized spacial score (nSPS) is 11.2. The zero-order valence-electron chi connectivity index (χ0n) is 22.9. The average molecular weight is 548 g/mol. The quantitative estimate of drug-likeness (QED) is 0.269. The van der Waals surface area contributed by atoms with Crippen molar-refractivity contribution in [1.82, 2.24) is 15.5 Å². The smallest absolute Gasteiger partial charge is 0.548 e. The number of rotatable bonds is 12. The Morgan fingerprint density at radius 1 is 0.925 bits per heavy atom. The fourth-order valence-corrected chi connectivity index (χ4v) is 4.65. The van der Waals surface area contributed by atoms with Gasteiger partial charge in [-0.2, -0.15) is 16.9 Å². The molecular weight excluding hydrogens is 517 g/mol. The van der Waals surface area contributed by atoms with E-state index in [0.29, 0.717) is 42.2 Å². The van der Waals surface area contributed by atoms with E-state index in [0.717, 1.165) is 27.9 Å². The molecule has 0 saturated heterocycles. The predicted octanol–water partition coefficient (Wildman–Crippen LogP) is 1.63. The second-order valence-electron chi connectivity index (χ2n) is 9.10. The number of benzene rings is 3. The van der Waals surface area contributed by atoms with Gasteiger partial charge in [-0.15, -0.1) is 5.10 Å². The van der Waals surface area contributed by atoms with Gasteiger partial charge in [0.1, 0.15) is 5.75 Å². The summed E-state index contributed by atoms with van der Waals surface area (Å²) in [5, 5.41) is 22.8. The maximum Gasteiger partial charge on any atom is 1.00 e. The van der Waals surface area contributed by atoms with E-state index in [9.17, 15) is 14.7 Å². The Labute approximate surface area is 250 Å². The van der Waals surface area contributed by atoms with Crippen molar-refractivity contribution in [3.05, 3.63) is 107 Å². The topological polar surface area (TPSA) is 104 Å². The summed E-state index contributed by atoms with van der Waals surface area (Å²) in [6, 6.07) is 25.5. The van der Waals surface area contributed by atoms with Gasteiger partial charge in [0.05, 0.1) is 17.7 Å². The zero-order valence-corrected chi connectivity index (χ0v) is 23.7. The fraction of sp³-hybridized carbons (Fsp3) is 0.226. The molecule has 0 unspecified atom stereocenters. The molecule has 1 N–H and O–H groups in total. The molecule has 200 valence electrons. The van der Waals surface area contributed by atoms with E-state index in [1.165, 1.54) is 11.8 Å². The van der Waals surface area contributed by atoms with E-state index in [-0.39, 0.29) is 18.9 Å². The first-order valence-corrected chi connectivity index (χ1v) is 14.1. The molecular formula is C31H30LiN3O4S. The number of carboxylic acid groups (broad SMARTS) is 1. The molecule has 9 heteroatoms. The Morgan fingerprint density at radius 2 is 1.68 bits per heavy atom. The maximum absolute atomic E-state index is 13.2. The molecule has 4 rings (SSSR count). The minimum atomic E-state index is -1.28. The van der Waals surface area contributed by atoms with Crippen LogP contribution in [0.4, 0.5) is 0 Å². The van der Waals surface area contributed by atoms with E-state index in [2.05, 4.69) is 15.5 Å². The molecule has 1 amide bonds. The average Bonchev–Trinajstić information content (AvgIpc) is 2.95. The summed E-state index contributed by atoms with van der Waals surface area (Å²) in [7, 11) is 0. The van der Waals surface area contributed by atoms with Gasteiger partial charge in [0.15, 0.2) is 0 Å². The van der Waals surface area contributed by atoms with Gasteiger partial charge in [-0.3, -0.25) is 4.79 Å². The van der Waals surface area contributed by atoms with Crippen LogP contribution in [0.2, 0.25) is 0 Å². The SMILES string of the molecule is CSCC[C@H](NC(=O)c1ccc(CCc2ccc(Oc3ccccc3)nn2)cc1-c1ccccc1C)C(=O)[O-].[Li+]. The fourth-order valence-electron chi connectivity index (χ4n) is 4.18. The third kappa shape index (κ3) is 8.46. The number of amides is 1. The summed E-state index contributed by atoms with van der Waals surface area (Å²) in [4.78, 5) is 24.9. The molecule has 1 aromatic heterocycles. The van der Waals surface area contributed by atoms with Crippen LogP contribution in [-0.2, 0) is 17.6 Å². The molecule has 0 saturated carbocycles. The number of hydrogen-bond donors (Lipinski definition) is 1. The Morgan fingerprint density at radius 3 is 2.35 bits per heavy atom. The zero-order chi connectivity index (χ0) is 27.6. The Hall–Kier alpha value is -3.57. The van der Waals surface area contributed by atoms with Crippen LogP contribution in [0.3, 0.4) is 0 Å². The van der Waals surface area contributed by atoms with Gasteiger partial charge < -0.3 is 20.0 Å². The Bertz CT molecular complexity index is 1420. The number of nitrogens with zero attached hydrogens (tertiary/aromatic N) is 2. The predicted molar refractivity (Wildman–Crippen MR) is 152 cm³/mol. The first-order chi connectivity index (χ1) is 18.9. The Kier molecular flexibility index (Phi) is 11.8. The van der Waals surface area contributed by atoms with Crippen molar-refractivity contribution < 1.29 is 38.3 Å². The van der Waals surface area contributed by atoms with Crippen molar-refractivity contribution in [3.8, 4) is 22.8 Å². The van der Waals surface area contributed by atoms with Gasteiger partial charge in [-0.1, -0.05) is 54.6 Å². The van der Waals surface area contributed by atoms with E-state index in [4.69, 9.17) is 4.74 Å². The number of nitrogens with one attached hydrogen (secondary N) is 1. The van der Waals surface area contributed by atoms with Crippen LogP contribution >= 0.6 is 11.8 Å². The van der Waals surface area contributed by atoms with Crippen LogP contribution in [0.15, 0.2) is 84.9 Å². The summed E-state index contributed by atoms with van der Waals surface area (Å²) in [6.07, 6.45) is 3.52.